The van der Waals surface area contributed by atoms with Crippen molar-refractivity contribution in [2.45, 2.75) is 12.8 Å². The van der Waals surface area contributed by atoms with Crippen molar-refractivity contribution in [2.24, 2.45) is 0 Å². The average Bonchev–Trinajstić information content (AvgIpc) is 2.82. The lowest BCUT2D eigenvalue weighted by Crippen LogP contribution is -2.23. The molecule has 7 nitrogen and oxygen atoms in total. The Balaban J connectivity index is 1.49. The first-order valence-corrected chi connectivity index (χ1v) is 10.9. The van der Waals surface area contributed by atoms with Crippen molar-refractivity contribution in [3.05, 3.63) is 94.0 Å². The molecular weight excluding hydrogens is 456 g/mol. The molecule has 172 valence electrons. The molecular formula is C26H21ClN2O5. The molecule has 0 saturated heterocycles. The maximum atomic E-state index is 13.0. The van der Waals surface area contributed by atoms with Crippen molar-refractivity contribution in [3.63, 3.8) is 0 Å². The number of nitrogens with one attached hydrogen (secondary N) is 2. The zero-order chi connectivity index (χ0) is 24.1. The van der Waals surface area contributed by atoms with E-state index < -0.39 is 11.9 Å². The van der Waals surface area contributed by atoms with E-state index in [0.29, 0.717) is 39.7 Å². The second kappa shape index (κ2) is 10.2. The van der Waals surface area contributed by atoms with Gasteiger partial charge in [-0.1, -0.05) is 35.9 Å². The van der Waals surface area contributed by atoms with E-state index >= 15 is 0 Å². The lowest BCUT2D eigenvalue weighted by Gasteiger charge is -2.18. The van der Waals surface area contributed by atoms with Gasteiger partial charge in [0.2, 0.25) is 0 Å². The molecule has 0 spiro atoms. The van der Waals surface area contributed by atoms with E-state index in [1.165, 1.54) is 0 Å². The van der Waals surface area contributed by atoms with Crippen molar-refractivity contribution >= 4 is 46.8 Å². The van der Waals surface area contributed by atoms with Gasteiger partial charge in [-0.2, -0.15) is 0 Å². The quantitative estimate of drug-likeness (QED) is 0.444. The topological polar surface area (TPSA) is 105 Å². The van der Waals surface area contributed by atoms with Crippen molar-refractivity contribution in [2.75, 3.05) is 17.2 Å². The molecule has 1 aliphatic rings. The molecule has 0 atom stereocenters. The average molecular weight is 477 g/mol. The summed E-state index contributed by atoms with van der Waals surface area (Å²) in [5.41, 5.74) is 3.07. The smallest absolute Gasteiger partial charge is 0.303 e. The second-order valence-electron chi connectivity index (χ2n) is 7.69. The molecule has 0 aliphatic carbocycles. The zero-order valence-electron chi connectivity index (χ0n) is 18.0. The maximum absolute atomic E-state index is 13.0. The molecule has 3 N–H and O–H groups in total. The first-order chi connectivity index (χ1) is 16.4. The summed E-state index contributed by atoms with van der Waals surface area (Å²) in [6.07, 6.45) is 2.07. The van der Waals surface area contributed by atoms with Crippen molar-refractivity contribution in [1.82, 2.24) is 0 Å². The Kier molecular flexibility index (Phi) is 6.94. The number of carboxylic acid groups (broad SMARTS) is 1. The Morgan fingerprint density at radius 1 is 0.941 bits per heavy atom. The van der Waals surface area contributed by atoms with Crippen LogP contribution in [-0.4, -0.2) is 29.5 Å². The molecule has 0 aromatic heterocycles. The molecule has 0 saturated carbocycles. The number of hydrogen-bond acceptors (Lipinski definition) is 4. The number of halogens is 1. The number of para-hydroxylation sites is 1. The van der Waals surface area contributed by atoms with E-state index in [0.717, 1.165) is 5.56 Å². The molecule has 3 aromatic rings. The fraction of sp³-hybridized carbons (Fsp3) is 0.115. The Morgan fingerprint density at radius 3 is 2.59 bits per heavy atom. The number of aryl methyl sites for hydroxylation is 1. The molecule has 2 amide bonds. The standard InChI is InChI=1S/C26H21ClN2O5/c27-19-9-10-23-17(14-19)13-18(15-34-23)25(32)29-22-7-2-1-6-21(22)26(33)28-20-5-3-4-16(12-20)8-11-24(30)31/h1-7,9-10,12-14H,8,11,15H2,(H,28,33)(H,29,32)(H,30,31). The van der Waals surface area contributed by atoms with Gasteiger partial charge in [0.1, 0.15) is 12.4 Å². The van der Waals surface area contributed by atoms with E-state index in [-0.39, 0.29) is 24.5 Å². The lowest BCUT2D eigenvalue weighted by atomic mass is 10.1. The van der Waals surface area contributed by atoms with E-state index in [2.05, 4.69) is 10.6 Å². The van der Waals surface area contributed by atoms with Crippen LogP contribution in [0.1, 0.15) is 27.9 Å². The third-order valence-corrected chi connectivity index (χ3v) is 5.44. The number of carboxylic acids is 1. The fourth-order valence-electron chi connectivity index (χ4n) is 3.53. The van der Waals surface area contributed by atoms with Crippen LogP contribution in [0.3, 0.4) is 0 Å². The van der Waals surface area contributed by atoms with Crippen LogP contribution in [-0.2, 0) is 16.0 Å². The van der Waals surface area contributed by atoms with E-state index in [1.807, 2.05) is 0 Å². The van der Waals surface area contributed by atoms with Crippen molar-refractivity contribution in [1.29, 1.82) is 0 Å². The minimum atomic E-state index is -0.885. The van der Waals surface area contributed by atoms with Gasteiger partial charge in [-0.05, 0) is 60.5 Å². The van der Waals surface area contributed by atoms with Gasteiger partial charge < -0.3 is 20.5 Å². The van der Waals surface area contributed by atoms with Gasteiger partial charge in [0.05, 0.1) is 16.8 Å². The summed E-state index contributed by atoms with van der Waals surface area (Å²) < 4.78 is 5.65. The maximum Gasteiger partial charge on any atom is 0.303 e. The van der Waals surface area contributed by atoms with Crippen LogP contribution in [0.5, 0.6) is 5.75 Å². The fourth-order valence-corrected chi connectivity index (χ4v) is 3.71. The lowest BCUT2D eigenvalue weighted by molar-refractivity contribution is -0.137. The third kappa shape index (κ3) is 5.63. The molecule has 0 fully saturated rings. The van der Waals surface area contributed by atoms with Crippen LogP contribution < -0.4 is 15.4 Å². The number of anilines is 2. The van der Waals surface area contributed by atoms with Gasteiger partial charge in [-0.15, -0.1) is 0 Å². The molecule has 0 unspecified atom stereocenters. The Labute approximate surface area is 201 Å². The summed E-state index contributed by atoms with van der Waals surface area (Å²) in [7, 11) is 0. The minimum absolute atomic E-state index is 0.00249. The van der Waals surface area contributed by atoms with Gasteiger partial charge in [-0.3, -0.25) is 14.4 Å². The second-order valence-corrected chi connectivity index (χ2v) is 8.12. The predicted molar refractivity (Wildman–Crippen MR) is 130 cm³/mol. The van der Waals surface area contributed by atoms with Gasteiger partial charge in [-0.25, -0.2) is 0 Å². The van der Waals surface area contributed by atoms with E-state index in [9.17, 15) is 14.4 Å². The van der Waals surface area contributed by atoms with Gasteiger partial charge in [0.25, 0.3) is 11.8 Å². The number of fused-ring (bicyclic) bond motifs is 1. The number of benzene rings is 3. The molecule has 8 heteroatoms. The number of ether oxygens (including phenoxy) is 1. The Hall–Kier alpha value is -4.10. The highest BCUT2D eigenvalue weighted by Gasteiger charge is 2.20. The highest BCUT2D eigenvalue weighted by atomic mass is 35.5. The number of rotatable bonds is 7. The van der Waals surface area contributed by atoms with Crippen LogP contribution in [0.2, 0.25) is 5.02 Å². The number of carbonyl (C=O) groups is 3. The SMILES string of the molecule is O=C(O)CCc1cccc(NC(=O)c2ccccc2NC(=O)C2=Cc3cc(Cl)ccc3OC2)c1. The molecule has 1 aliphatic heterocycles. The van der Waals surface area contributed by atoms with E-state index in [4.69, 9.17) is 21.4 Å². The van der Waals surface area contributed by atoms with Gasteiger partial charge in [0.15, 0.2) is 0 Å². The number of hydrogen-bond donors (Lipinski definition) is 3. The molecule has 0 radical (unpaired) electrons. The molecule has 1 heterocycles. The first kappa shape index (κ1) is 23.1. The first-order valence-electron chi connectivity index (χ1n) is 10.5. The van der Waals surface area contributed by atoms with Gasteiger partial charge >= 0.3 is 5.97 Å². The van der Waals surface area contributed by atoms with Gasteiger partial charge in [0, 0.05) is 22.7 Å². The Bertz CT molecular complexity index is 1300. The largest absolute Gasteiger partial charge is 0.488 e. The summed E-state index contributed by atoms with van der Waals surface area (Å²) >= 11 is 6.04. The van der Waals surface area contributed by atoms with Crippen LogP contribution in [0.4, 0.5) is 11.4 Å². The highest BCUT2D eigenvalue weighted by molar-refractivity contribution is 6.30. The Morgan fingerprint density at radius 2 is 1.76 bits per heavy atom. The molecule has 34 heavy (non-hydrogen) atoms. The predicted octanol–water partition coefficient (Wildman–Crippen LogP) is 5.02. The van der Waals surface area contributed by atoms with Crippen molar-refractivity contribution < 1.29 is 24.2 Å². The van der Waals surface area contributed by atoms with Crippen LogP contribution in [0.25, 0.3) is 6.08 Å². The molecule has 3 aromatic carbocycles. The normalized spacial score (nSPS) is 12.1. The minimum Gasteiger partial charge on any atom is -0.488 e. The zero-order valence-corrected chi connectivity index (χ0v) is 18.8. The highest BCUT2D eigenvalue weighted by Crippen LogP contribution is 2.29. The summed E-state index contributed by atoms with van der Waals surface area (Å²) in [5.74, 6) is -1.03. The van der Waals surface area contributed by atoms with Crippen molar-refractivity contribution in [3.8, 4) is 5.75 Å². The van der Waals surface area contributed by atoms with Crippen LogP contribution in [0.15, 0.2) is 72.3 Å². The number of amides is 2. The monoisotopic (exact) mass is 476 g/mol. The summed E-state index contributed by atoms with van der Waals surface area (Å²) in [6.45, 7) is 0.0952. The van der Waals surface area contributed by atoms with Crippen LogP contribution in [0, 0.1) is 0 Å². The number of aliphatic carboxylic acids is 1. The summed E-state index contributed by atoms with van der Waals surface area (Å²) in [6, 6.07) is 18.9. The molecule has 0 bridgehead atoms. The summed E-state index contributed by atoms with van der Waals surface area (Å²) in [4.78, 5) is 36.7. The third-order valence-electron chi connectivity index (χ3n) is 5.21. The van der Waals surface area contributed by atoms with Crippen LogP contribution >= 0.6 is 11.6 Å². The number of carbonyl (C=O) groups excluding carboxylic acids is 2. The molecule has 4 rings (SSSR count). The summed E-state index contributed by atoms with van der Waals surface area (Å²) in [5, 5.41) is 15.0. The van der Waals surface area contributed by atoms with E-state index in [1.54, 1.807) is 72.8 Å².